The van der Waals surface area contributed by atoms with Gasteiger partial charge in [-0.3, -0.25) is 9.99 Å². The van der Waals surface area contributed by atoms with Crippen LogP contribution in [0.3, 0.4) is 0 Å². The maximum absolute atomic E-state index is 11.9. The summed E-state index contributed by atoms with van der Waals surface area (Å²) in [4.78, 5) is 5.06. The Balaban J connectivity index is 3.08. The van der Waals surface area contributed by atoms with E-state index in [9.17, 15) is 4.55 Å². The predicted molar refractivity (Wildman–Crippen MR) is 75.0 cm³/mol. The van der Waals surface area contributed by atoms with E-state index >= 15 is 0 Å². The van der Waals surface area contributed by atoms with Crippen LogP contribution in [-0.2, 0) is 11.2 Å². The van der Waals surface area contributed by atoms with Gasteiger partial charge in [0.1, 0.15) is 5.75 Å². The molecule has 1 atom stereocenters. The van der Waals surface area contributed by atoms with E-state index in [1.54, 1.807) is 18.3 Å². The van der Waals surface area contributed by atoms with Crippen LogP contribution in [0, 0.1) is 6.92 Å². The van der Waals surface area contributed by atoms with Crippen molar-refractivity contribution in [1.29, 1.82) is 0 Å². The van der Waals surface area contributed by atoms with Crippen LogP contribution >= 0.6 is 0 Å². The molecule has 1 heterocycles. The summed E-state index contributed by atoms with van der Waals surface area (Å²) in [5.41, 5.74) is 7.96. The van der Waals surface area contributed by atoms with Crippen LogP contribution in [0.5, 0.6) is 0 Å². The summed E-state index contributed by atoms with van der Waals surface area (Å²) < 4.78 is 11.9. The average molecular weight is 268 g/mol. The topological polar surface area (TPSA) is 77.6 Å². The third-order valence-electron chi connectivity index (χ3n) is 2.55. The molecule has 0 aliphatic rings. The molecule has 6 heteroatoms. The SMILES string of the molecule is CC[S+]([O-])c1cc(/C(C)=N/N(C)CN)cnc1C. The third kappa shape index (κ3) is 3.69. The van der Waals surface area contributed by atoms with Crippen LogP contribution in [0.4, 0.5) is 0 Å². The lowest BCUT2D eigenvalue weighted by atomic mass is 10.2. The van der Waals surface area contributed by atoms with Crippen LogP contribution in [-0.4, -0.2) is 39.7 Å². The van der Waals surface area contributed by atoms with Gasteiger partial charge in [-0.1, -0.05) is 0 Å². The zero-order valence-electron chi connectivity index (χ0n) is 11.3. The Kier molecular flexibility index (Phi) is 5.58. The molecule has 1 aromatic rings. The van der Waals surface area contributed by atoms with Gasteiger partial charge in [-0.2, -0.15) is 5.10 Å². The van der Waals surface area contributed by atoms with Crippen LogP contribution in [0.15, 0.2) is 22.3 Å². The van der Waals surface area contributed by atoms with Gasteiger partial charge in [-0.15, -0.1) is 0 Å². The Hall–Kier alpha value is -1.11. The lowest BCUT2D eigenvalue weighted by molar-refractivity contribution is 0.366. The molecule has 0 radical (unpaired) electrons. The van der Waals surface area contributed by atoms with Crippen molar-refractivity contribution in [3.63, 3.8) is 0 Å². The number of pyridine rings is 1. The van der Waals surface area contributed by atoms with E-state index in [1.807, 2.05) is 26.8 Å². The molecule has 0 saturated heterocycles. The lowest BCUT2D eigenvalue weighted by Gasteiger charge is -2.13. The highest BCUT2D eigenvalue weighted by Crippen LogP contribution is 2.17. The first-order valence-electron chi connectivity index (χ1n) is 5.81. The van der Waals surface area contributed by atoms with Crippen molar-refractivity contribution < 1.29 is 4.55 Å². The van der Waals surface area contributed by atoms with Gasteiger partial charge in [-0.25, -0.2) is 0 Å². The van der Waals surface area contributed by atoms with Crippen LogP contribution in [0.25, 0.3) is 0 Å². The number of nitrogens with zero attached hydrogens (tertiary/aromatic N) is 3. The maximum Gasteiger partial charge on any atom is 0.174 e. The van der Waals surface area contributed by atoms with Crippen molar-refractivity contribution in [2.45, 2.75) is 25.7 Å². The minimum Gasteiger partial charge on any atom is -0.611 e. The Morgan fingerprint density at radius 3 is 2.83 bits per heavy atom. The fourth-order valence-corrected chi connectivity index (χ4v) is 2.40. The standard InChI is InChI=1S/C12H20N4OS/c1-5-18(17)12-6-11(7-14-10(12)3)9(2)15-16(4)8-13/h6-7H,5,8,13H2,1-4H3/b15-9+. The third-order valence-corrected chi connectivity index (χ3v) is 3.98. The number of hydrogen-bond acceptors (Lipinski definition) is 5. The molecule has 0 aliphatic carbocycles. The molecule has 2 N–H and O–H groups in total. The number of aryl methyl sites for hydroxylation is 1. The second kappa shape index (κ2) is 6.72. The summed E-state index contributed by atoms with van der Waals surface area (Å²) in [6, 6.07) is 1.89. The fourth-order valence-electron chi connectivity index (χ4n) is 1.45. The summed E-state index contributed by atoms with van der Waals surface area (Å²) in [6.07, 6.45) is 1.74. The first kappa shape index (κ1) is 14.9. The molecule has 1 aromatic heterocycles. The summed E-state index contributed by atoms with van der Waals surface area (Å²) in [7, 11) is 1.80. The molecule has 1 unspecified atom stereocenters. The Labute approximate surface area is 111 Å². The van der Waals surface area contributed by atoms with E-state index in [1.165, 1.54) is 0 Å². The number of nitrogens with two attached hydrogens (primary N) is 1. The van der Waals surface area contributed by atoms with Crippen molar-refractivity contribution in [1.82, 2.24) is 9.99 Å². The van der Waals surface area contributed by atoms with Gasteiger partial charge in [0.05, 0.1) is 18.1 Å². The molecule has 0 aromatic carbocycles. The van der Waals surface area contributed by atoms with E-state index in [-0.39, 0.29) is 0 Å². The van der Waals surface area contributed by atoms with Gasteiger partial charge in [0, 0.05) is 24.9 Å². The van der Waals surface area contributed by atoms with Crippen molar-refractivity contribution in [2.75, 3.05) is 19.5 Å². The molecule has 0 amide bonds. The van der Waals surface area contributed by atoms with Crippen LogP contribution < -0.4 is 5.73 Å². The highest BCUT2D eigenvalue weighted by molar-refractivity contribution is 7.91. The molecular weight excluding hydrogens is 248 g/mol. The maximum atomic E-state index is 11.9. The molecule has 0 fully saturated rings. The molecule has 18 heavy (non-hydrogen) atoms. The summed E-state index contributed by atoms with van der Waals surface area (Å²) in [5.74, 6) is 0.588. The second-order valence-electron chi connectivity index (χ2n) is 3.97. The van der Waals surface area contributed by atoms with Crippen LogP contribution in [0.2, 0.25) is 0 Å². The van der Waals surface area contributed by atoms with Gasteiger partial charge < -0.3 is 10.3 Å². The van der Waals surface area contributed by atoms with E-state index in [2.05, 4.69) is 10.1 Å². The van der Waals surface area contributed by atoms with Gasteiger partial charge >= 0.3 is 0 Å². The van der Waals surface area contributed by atoms with Crippen LogP contribution in [0.1, 0.15) is 25.1 Å². The van der Waals surface area contributed by atoms with Gasteiger partial charge in [0.2, 0.25) is 0 Å². The minimum absolute atomic E-state index is 0.352. The Morgan fingerprint density at radius 2 is 2.28 bits per heavy atom. The smallest absolute Gasteiger partial charge is 0.174 e. The number of hydrazone groups is 1. The molecular formula is C12H20N4OS. The van der Waals surface area contributed by atoms with Gasteiger partial charge in [0.15, 0.2) is 4.90 Å². The van der Waals surface area contributed by atoms with Gasteiger partial charge in [0.25, 0.3) is 0 Å². The predicted octanol–water partition coefficient (Wildman–Crippen LogP) is 1.09. The second-order valence-corrected chi connectivity index (χ2v) is 5.68. The van der Waals surface area contributed by atoms with E-state index in [0.29, 0.717) is 12.4 Å². The monoisotopic (exact) mass is 268 g/mol. The summed E-state index contributed by atoms with van der Waals surface area (Å²) in [6.45, 7) is 6.00. The summed E-state index contributed by atoms with van der Waals surface area (Å²) in [5, 5.41) is 5.95. The van der Waals surface area contributed by atoms with Crippen molar-refractivity contribution >= 4 is 16.9 Å². The molecule has 0 bridgehead atoms. The number of aromatic nitrogens is 1. The minimum atomic E-state index is -0.999. The summed E-state index contributed by atoms with van der Waals surface area (Å²) >= 11 is -0.999. The zero-order valence-corrected chi connectivity index (χ0v) is 12.1. The van der Waals surface area contributed by atoms with Gasteiger partial charge in [-0.05, 0) is 31.9 Å². The quantitative estimate of drug-likeness (QED) is 0.375. The van der Waals surface area contributed by atoms with E-state index < -0.39 is 11.2 Å². The van der Waals surface area contributed by atoms with Crippen molar-refractivity contribution in [3.05, 3.63) is 23.5 Å². The lowest BCUT2D eigenvalue weighted by Crippen LogP contribution is -2.21. The van der Waals surface area contributed by atoms with Crippen molar-refractivity contribution in [2.24, 2.45) is 10.8 Å². The number of hydrogen-bond donors (Lipinski definition) is 1. The average Bonchev–Trinajstić information content (AvgIpc) is 2.38. The Bertz CT molecular complexity index is 436. The Morgan fingerprint density at radius 1 is 1.61 bits per heavy atom. The largest absolute Gasteiger partial charge is 0.611 e. The first-order valence-corrected chi connectivity index (χ1v) is 7.13. The highest BCUT2D eigenvalue weighted by Gasteiger charge is 2.14. The molecule has 0 aliphatic heterocycles. The molecule has 1 rings (SSSR count). The zero-order chi connectivity index (χ0) is 13.7. The van der Waals surface area contributed by atoms with Crippen molar-refractivity contribution in [3.8, 4) is 0 Å². The molecule has 0 saturated carbocycles. The molecule has 5 nitrogen and oxygen atoms in total. The van der Waals surface area contributed by atoms with E-state index in [4.69, 9.17) is 5.73 Å². The fraction of sp³-hybridized carbons (Fsp3) is 0.500. The molecule has 0 spiro atoms. The highest BCUT2D eigenvalue weighted by atomic mass is 32.2. The molecule has 100 valence electrons. The number of rotatable bonds is 5. The first-order chi connectivity index (χ1) is 8.49. The normalized spacial score (nSPS) is 13.6. The van der Waals surface area contributed by atoms with E-state index in [0.717, 1.165) is 21.9 Å².